The average Bonchev–Trinajstić information content (AvgIpc) is 3.18. The van der Waals surface area contributed by atoms with Gasteiger partial charge in [0, 0.05) is 12.8 Å². The monoisotopic (exact) mass is 371 g/mol. The topological polar surface area (TPSA) is 85.2 Å². The summed E-state index contributed by atoms with van der Waals surface area (Å²) < 4.78 is 17.4. The zero-order valence-corrected chi connectivity index (χ0v) is 15.6. The quantitative estimate of drug-likeness (QED) is 0.440. The van der Waals surface area contributed by atoms with Crippen LogP contribution in [0.15, 0.2) is 47.6 Å². The third kappa shape index (κ3) is 5.18. The van der Waals surface area contributed by atoms with Gasteiger partial charge in [-0.3, -0.25) is 15.7 Å². The second-order valence-corrected chi connectivity index (χ2v) is 6.51. The van der Waals surface area contributed by atoms with Crippen molar-refractivity contribution in [3.05, 3.63) is 48.2 Å². The number of ether oxygens (including phenoxy) is 3. The van der Waals surface area contributed by atoms with Gasteiger partial charge >= 0.3 is 0 Å². The molecule has 1 aromatic carbocycles. The number of aromatic nitrogens is 1. The van der Waals surface area contributed by atoms with Gasteiger partial charge in [-0.05, 0) is 51.0 Å². The summed E-state index contributed by atoms with van der Waals surface area (Å²) in [4.78, 5) is 8.75. The van der Waals surface area contributed by atoms with Crippen LogP contribution in [0.5, 0.6) is 17.4 Å². The lowest BCUT2D eigenvalue weighted by atomic mass is 10.2. The van der Waals surface area contributed by atoms with Crippen molar-refractivity contribution in [2.45, 2.75) is 38.9 Å². The van der Waals surface area contributed by atoms with Gasteiger partial charge < -0.3 is 14.2 Å². The molecule has 0 aliphatic carbocycles. The van der Waals surface area contributed by atoms with Crippen molar-refractivity contribution in [2.24, 2.45) is 4.99 Å². The van der Waals surface area contributed by atoms with Gasteiger partial charge in [-0.1, -0.05) is 12.1 Å². The maximum atomic E-state index is 9.59. The predicted molar refractivity (Wildman–Crippen MR) is 102 cm³/mol. The summed E-state index contributed by atoms with van der Waals surface area (Å²) >= 11 is 0. The second kappa shape index (κ2) is 9.34. The van der Waals surface area contributed by atoms with E-state index >= 15 is 0 Å². The lowest BCUT2D eigenvalue weighted by molar-refractivity contribution is 0.117. The Morgan fingerprint density at radius 1 is 1.30 bits per heavy atom. The SMILES string of the molecule is CC(C)Oc1ccccc1Oc1ncccc1C(=NCC1CCCO1)NO. The molecule has 2 aromatic rings. The van der Waals surface area contributed by atoms with Gasteiger partial charge in [-0.15, -0.1) is 0 Å². The molecule has 0 saturated carbocycles. The molecule has 0 radical (unpaired) electrons. The van der Waals surface area contributed by atoms with E-state index in [4.69, 9.17) is 14.2 Å². The van der Waals surface area contributed by atoms with Crippen LogP contribution in [0, 0.1) is 0 Å². The minimum atomic E-state index is 0.0144. The van der Waals surface area contributed by atoms with Crippen molar-refractivity contribution < 1.29 is 19.4 Å². The highest BCUT2D eigenvalue weighted by molar-refractivity contribution is 6.00. The normalized spacial score (nSPS) is 17.2. The molecule has 7 nitrogen and oxygen atoms in total. The third-order valence-electron chi connectivity index (χ3n) is 4.03. The van der Waals surface area contributed by atoms with Crippen molar-refractivity contribution in [3.8, 4) is 17.4 Å². The molecule has 2 heterocycles. The molecule has 144 valence electrons. The molecule has 0 amide bonds. The number of hydrogen-bond donors (Lipinski definition) is 2. The first kappa shape index (κ1) is 19.1. The fourth-order valence-corrected chi connectivity index (χ4v) is 2.80. The minimum absolute atomic E-state index is 0.0144. The first-order valence-electron chi connectivity index (χ1n) is 9.12. The number of nitrogens with zero attached hydrogens (tertiary/aromatic N) is 2. The Morgan fingerprint density at radius 2 is 2.11 bits per heavy atom. The fraction of sp³-hybridized carbons (Fsp3) is 0.400. The molecule has 1 unspecified atom stereocenters. The van der Waals surface area contributed by atoms with Crippen LogP contribution in [-0.2, 0) is 4.74 Å². The van der Waals surface area contributed by atoms with Crippen LogP contribution >= 0.6 is 0 Å². The molecule has 7 heteroatoms. The summed E-state index contributed by atoms with van der Waals surface area (Å²) in [6, 6.07) is 10.9. The van der Waals surface area contributed by atoms with E-state index in [-0.39, 0.29) is 18.0 Å². The molecular formula is C20H25N3O4. The maximum absolute atomic E-state index is 9.59. The van der Waals surface area contributed by atoms with E-state index in [1.165, 1.54) is 0 Å². The number of benzene rings is 1. The Morgan fingerprint density at radius 3 is 2.81 bits per heavy atom. The molecule has 3 rings (SSSR count). The van der Waals surface area contributed by atoms with Crippen LogP contribution in [-0.4, -0.2) is 41.4 Å². The van der Waals surface area contributed by atoms with E-state index in [1.54, 1.807) is 18.3 Å². The van der Waals surface area contributed by atoms with Gasteiger partial charge in [0.1, 0.15) is 0 Å². The summed E-state index contributed by atoms with van der Waals surface area (Å²) in [5, 5.41) is 9.59. The Hall–Kier alpha value is -2.64. The van der Waals surface area contributed by atoms with E-state index in [9.17, 15) is 5.21 Å². The molecule has 2 N–H and O–H groups in total. The maximum Gasteiger partial charge on any atom is 0.230 e. The number of rotatable bonds is 7. The molecule has 0 spiro atoms. The van der Waals surface area contributed by atoms with Crippen LogP contribution in [0.25, 0.3) is 0 Å². The van der Waals surface area contributed by atoms with Crippen molar-refractivity contribution in [2.75, 3.05) is 13.2 Å². The van der Waals surface area contributed by atoms with Gasteiger partial charge in [0.2, 0.25) is 5.88 Å². The molecule has 1 saturated heterocycles. The van der Waals surface area contributed by atoms with Gasteiger partial charge in [-0.2, -0.15) is 0 Å². The molecule has 1 aromatic heterocycles. The number of nitrogens with one attached hydrogen (secondary N) is 1. The van der Waals surface area contributed by atoms with Crippen LogP contribution in [0.1, 0.15) is 32.3 Å². The standard InChI is InChI=1S/C20H25N3O4/c1-14(2)26-17-9-3-4-10-18(17)27-20-16(8-5-11-21-20)19(23-24)22-13-15-7-6-12-25-15/h3-5,8-11,14-15,24H,6-7,12-13H2,1-2H3,(H,22,23). The summed E-state index contributed by atoms with van der Waals surface area (Å²) in [7, 11) is 0. The highest BCUT2D eigenvalue weighted by Gasteiger charge is 2.18. The number of hydroxylamine groups is 1. The summed E-state index contributed by atoms with van der Waals surface area (Å²) in [6.45, 7) is 5.13. The zero-order chi connectivity index (χ0) is 19.1. The van der Waals surface area contributed by atoms with Crippen molar-refractivity contribution in [1.82, 2.24) is 10.5 Å². The van der Waals surface area contributed by atoms with Crippen LogP contribution in [0.4, 0.5) is 0 Å². The lowest BCUT2D eigenvalue weighted by Crippen LogP contribution is -2.23. The average molecular weight is 371 g/mol. The number of hydrogen-bond acceptors (Lipinski definition) is 6. The zero-order valence-electron chi connectivity index (χ0n) is 15.6. The van der Waals surface area contributed by atoms with Gasteiger partial charge in [-0.25, -0.2) is 4.98 Å². The van der Waals surface area contributed by atoms with Crippen LogP contribution < -0.4 is 15.0 Å². The first-order chi connectivity index (χ1) is 13.2. The van der Waals surface area contributed by atoms with Gasteiger partial charge in [0.05, 0.1) is 24.3 Å². The number of amidine groups is 1. The number of para-hydroxylation sites is 2. The molecule has 1 fully saturated rings. The Labute approximate surface area is 159 Å². The Balaban J connectivity index is 1.84. The third-order valence-corrected chi connectivity index (χ3v) is 4.03. The second-order valence-electron chi connectivity index (χ2n) is 6.51. The Kier molecular flexibility index (Phi) is 6.62. The first-order valence-corrected chi connectivity index (χ1v) is 9.12. The molecule has 0 bridgehead atoms. The lowest BCUT2D eigenvalue weighted by Gasteiger charge is -2.16. The molecule has 1 aliphatic heterocycles. The van der Waals surface area contributed by atoms with E-state index in [2.05, 4.69) is 15.5 Å². The number of pyridine rings is 1. The van der Waals surface area contributed by atoms with Gasteiger partial charge in [0.15, 0.2) is 17.3 Å². The minimum Gasteiger partial charge on any atom is -0.487 e. The summed E-state index contributed by atoms with van der Waals surface area (Å²) in [6.07, 6.45) is 3.73. The van der Waals surface area contributed by atoms with E-state index in [0.717, 1.165) is 19.4 Å². The molecule has 1 atom stereocenters. The highest BCUT2D eigenvalue weighted by atomic mass is 16.5. The summed E-state index contributed by atoms with van der Waals surface area (Å²) in [5.41, 5.74) is 2.71. The fourth-order valence-electron chi connectivity index (χ4n) is 2.80. The Bertz CT molecular complexity index is 773. The van der Waals surface area contributed by atoms with Crippen LogP contribution in [0.3, 0.4) is 0 Å². The van der Waals surface area contributed by atoms with E-state index in [0.29, 0.717) is 29.5 Å². The highest BCUT2D eigenvalue weighted by Crippen LogP contribution is 2.32. The summed E-state index contributed by atoms with van der Waals surface area (Å²) in [5.74, 6) is 1.78. The predicted octanol–water partition coefficient (Wildman–Crippen LogP) is 3.57. The van der Waals surface area contributed by atoms with Crippen LogP contribution in [0.2, 0.25) is 0 Å². The molecule has 1 aliphatic rings. The van der Waals surface area contributed by atoms with Crippen molar-refractivity contribution in [3.63, 3.8) is 0 Å². The largest absolute Gasteiger partial charge is 0.487 e. The van der Waals surface area contributed by atoms with Crippen molar-refractivity contribution >= 4 is 5.84 Å². The molecule has 27 heavy (non-hydrogen) atoms. The molecular weight excluding hydrogens is 346 g/mol. The van der Waals surface area contributed by atoms with Crippen molar-refractivity contribution in [1.29, 1.82) is 0 Å². The smallest absolute Gasteiger partial charge is 0.230 e. The van der Waals surface area contributed by atoms with E-state index in [1.807, 2.05) is 38.1 Å². The van der Waals surface area contributed by atoms with Gasteiger partial charge in [0.25, 0.3) is 0 Å². The van der Waals surface area contributed by atoms with E-state index < -0.39 is 0 Å². The number of aliphatic imine (C=N–C) groups is 1.